The highest BCUT2D eigenvalue weighted by Crippen LogP contribution is 2.42. The van der Waals surface area contributed by atoms with E-state index in [4.69, 9.17) is 14.5 Å². The zero-order valence-electron chi connectivity index (χ0n) is 29.6. The van der Waals surface area contributed by atoms with Crippen molar-refractivity contribution in [1.82, 2.24) is 25.1 Å². The van der Waals surface area contributed by atoms with Crippen molar-refractivity contribution in [3.63, 3.8) is 0 Å². The number of alkyl carbamates (subject to hydrolysis) is 1. The molecule has 52 heavy (non-hydrogen) atoms. The van der Waals surface area contributed by atoms with Gasteiger partial charge in [-0.25, -0.2) is 14.6 Å². The Morgan fingerprint density at radius 3 is 2.10 bits per heavy atom. The Labute approximate surface area is 303 Å². The van der Waals surface area contributed by atoms with Crippen LogP contribution in [0.15, 0.2) is 122 Å². The molecule has 0 aliphatic heterocycles. The Morgan fingerprint density at radius 1 is 0.904 bits per heavy atom. The van der Waals surface area contributed by atoms with Gasteiger partial charge in [0.15, 0.2) is 0 Å². The highest BCUT2D eigenvalue weighted by molar-refractivity contribution is 5.94. The quantitative estimate of drug-likeness (QED) is 0.0487. The fourth-order valence-corrected chi connectivity index (χ4v) is 6.52. The van der Waals surface area contributed by atoms with E-state index in [0.717, 1.165) is 33.2 Å². The Hall–Kier alpha value is -5.94. The van der Waals surface area contributed by atoms with Crippen LogP contribution in [0, 0.1) is 0 Å². The minimum atomic E-state index is -1.01. The molecular formula is C41H44N6O5. The average Bonchev–Trinajstić information content (AvgIpc) is 3.81. The summed E-state index contributed by atoms with van der Waals surface area (Å²) in [5, 5.41) is 24.1. The molecule has 1 unspecified atom stereocenters. The highest BCUT2D eigenvalue weighted by atomic mass is 16.6. The number of carboxylic acids is 1. The molecule has 0 spiro atoms. The number of nitrogens with zero attached hydrogens (tertiary/aromatic N) is 3. The van der Waals surface area contributed by atoms with Crippen LogP contribution in [0.3, 0.4) is 0 Å². The molecule has 0 aliphatic rings. The number of amides is 1. The van der Waals surface area contributed by atoms with Crippen LogP contribution in [-0.4, -0.2) is 61.9 Å². The number of aromatic carboxylic acids is 1. The van der Waals surface area contributed by atoms with Crippen LogP contribution >= 0.6 is 0 Å². The number of carboxylic acid groups (broad SMARTS) is 1. The summed E-state index contributed by atoms with van der Waals surface area (Å²) in [5.41, 5.74) is 3.53. The number of ether oxygens (including phenoxy) is 2. The van der Waals surface area contributed by atoms with E-state index in [2.05, 4.69) is 61.8 Å². The number of carbonyl (C=O) groups is 2. The summed E-state index contributed by atoms with van der Waals surface area (Å²) in [4.78, 5) is 29.0. The maximum atomic E-state index is 12.2. The third-order valence-corrected chi connectivity index (χ3v) is 8.73. The molecule has 6 aromatic rings. The van der Waals surface area contributed by atoms with E-state index in [9.17, 15) is 14.7 Å². The number of benzene rings is 4. The zero-order chi connectivity index (χ0) is 36.6. The summed E-state index contributed by atoms with van der Waals surface area (Å²) in [6, 6.07) is 34.3. The smallest absolute Gasteiger partial charge is 0.407 e. The van der Waals surface area contributed by atoms with Gasteiger partial charge in [-0.1, -0.05) is 91.0 Å². The fraction of sp³-hybridized carbons (Fsp3) is 0.268. The summed E-state index contributed by atoms with van der Waals surface area (Å²) >= 11 is 0. The number of H-pyrrole nitrogens is 1. The first kappa shape index (κ1) is 35.9. The first-order valence-electron chi connectivity index (χ1n) is 17.4. The van der Waals surface area contributed by atoms with Gasteiger partial charge in [0.25, 0.3) is 0 Å². The van der Waals surface area contributed by atoms with Crippen molar-refractivity contribution in [2.75, 3.05) is 18.5 Å². The highest BCUT2D eigenvalue weighted by Gasteiger charge is 2.40. The Bertz CT molecular complexity index is 1980. The molecular weight excluding hydrogens is 656 g/mol. The predicted octanol–water partition coefficient (Wildman–Crippen LogP) is 7.60. The number of nitrogens with one attached hydrogen (secondary N) is 3. The second-order valence-electron chi connectivity index (χ2n) is 13.5. The molecule has 6 rings (SSSR count). The second-order valence-corrected chi connectivity index (χ2v) is 13.5. The third kappa shape index (κ3) is 8.16. The number of fused-ring (bicyclic) bond motifs is 1. The normalized spacial score (nSPS) is 12.4. The van der Waals surface area contributed by atoms with E-state index in [-0.39, 0.29) is 5.56 Å². The topological polar surface area (TPSA) is 143 Å². The monoisotopic (exact) mass is 700 g/mol. The number of anilines is 1. The Balaban J connectivity index is 1.33. The molecule has 0 aliphatic carbocycles. The van der Waals surface area contributed by atoms with Crippen molar-refractivity contribution in [2.24, 2.45) is 0 Å². The van der Waals surface area contributed by atoms with Crippen molar-refractivity contribution in [3.8, 4) is 0 Å². The molecule has 1 amide bonds. The number of aromatic nitrogens is 4. The number of hydrogen-bond donors (Lipinski definition) is 4. The molecule has 11 nitrogen and oxygen atoms in total. The second kappa shape index (κ2) is 15.9. The lowest BCUT2D eigenvalue weighted by atomic mass is 9.76. The van der Waals surface area contributed by atoms with Crippen LogP contribution in [0.5, 0.6) is 0 Å². The molecule has 4 aromatic carbocycles. The minimum Gasteiger partial charge on any atom is -0.478 e. The number of hydrogen-bond acceptors (Lipinski definition) is 7. The van der Waals surface area contributed by atoms with Gasteiger partial charge in [0.05, 0.1) is 23.9 Å². The van der Waals surface area contributed by atoms with Gasteiger partial charge in [0.1, 0.15) is 17.4 Å². The zero-order valence-corrected chi connectivity index (χ0v) is 29.6. The van der Waals surface area contributed by atoms with Gasteiger partial charge in [-0.2, -0.15) is 5.10 Å². The molecule has 0 saturated carbocycles. The maximum absolute atomic E-state index is 12.2. The van der Waals surface area contributed by atoms with Gasteiger partial charge in [0, 0.05) is 24.3 Å². The minimum absolute atomic E-state index is 0.191. The SMILES string of the molecule is CC(C)(C)OC(=O)NCCCOC(CCc1cc(C(=O)O)cc2cn[nH]c12)Nc1nccn1C(c1ccccc1)(c1ccccc1)c1ccccc1. The number of imidazole rings is 1. The molecule has 4 N–H and O–H groups in total. The molecule has 0 fully saturated rings. The van der Waals surface area contributed by atoms with Gasteiger partial charge in [-0.15, -0.1) is 0 Å². The summed E-state index contributed by atoms with van der Waals surface area (Å²) in [5.74, 6) is -0.423. The van der Waals surface area contributed by atoms with Crippen molar-refractivity contribution in [1.29, 1.82) is 0 Å². The van der Waals surface area contributed by atoms with Gasteiger partial charge >= 0.3 is 12.1 Å². The summed E-state index contributed by atoms with van der Waals surface area (Å²) < 4.78 is 14.0. The molecule has 0 radical (unpaired) electrons. The first-order valence-corrected chi connectivity index (χ1v) is 17.4. The summed E-state index contributed by atoms with van der Waals surface area (Å²) in [6.07, 6.45) is 5.84. The lowest BCUT2D eigenvalue weighted by molar-refractivity contribution is 0.0490. The van der Waals surface area contributed by atoms with Crippen LogP contribution in [-0.2, 0) is 21.4 Å². The lowest BCUT2D eigenvalue weighted by Gasteiger charge is -2.38. The number of rotatable bonds is 15. The van der Waals surface area contributed by atoms with Crippen molar-refractivity contribution in [3.05, 3.63) is 150 Å². The number of aryl methyl sites for hydroxylation is 1. The molecule has 2 aromatic heterocycles. The molecule has 11 heteroatoms. The van der Waals surface area contributed by atoms with Crippen molar-refractivity contribution >= 4 is 28.9 Å². The van der Waals surface area contributed by atoms with Crippen molar-refractivity contribution in [2.45, 2.75) is 57.4 Å². The first-order chi connectivity index (χ1) is 25.1. The molecule has 2 heterocycles. The molecule has 0 saturated heterocycles. The maximum Gasteiger partial charge on any atom is 0.407 e. The van der Waals surface area contributed by atoms with E-state index in [1.807, 2.05) is 81.6 Å². The Kier molecular flexibility index (Phi) is 11.0. The molecule has 268 valence electrons. The van der Waals surface area contributed by atoms with E-state index in [0.29, 0.717) is 38.4 Å². The number of carbonyl (C=O) groups excluding carboxylic acids is 1. The predicted molar refractivity (Wildman–Crippen MR) is 200 cm³/mol. The van der Waals surface area contributed by atoms with E-state index in [1.165, 1.54) is 0 Å². The van der Waals surface area contributed by atoms with Gasteiger partial charge in [-0.3, -0.25) is 9.67 Å². The van der Waals surface area contributed by atoms with E-state index < -0.39 is 29.4 Å². The number of aromatic amines is 1. The fourth-order valence-electron chi connectivity index (χ4n) is 6.52. The summed E-state index contributed by atoms with van der Waals surface area (Å²) in [6.45, 7) is 6.15. The largest absolute Gasteiger partial charge is 0.478 e. The van der Waals surface area contributed by atoms with Gasteiger partial charge in [0.2, 0.25) is 5.95 Å². The van der Waals surface area contributed by atoms with Crippen LogP contribution in [0.4, 0.5) is 10.7 Å². The van der Waals surface area contributed by atoms with Crippen LogP contribution in [0.1, 0.15) is 66.2 Å². The van der Waals surface area contributed by atoms with Crippen LogP contribution in [0.2, 0.25) is 0 Å². The van der Waals surface area contributed by atoms with E-state index in [1.54, 1.807) is 24.5 Å². The van der Waals surface area contributed by atoms with E-state index >= 15 is 0 Å². The third-order valence-electron chi connectivity index (χ3n) is 8.73. The van der Waals surface area contributed by atoms with Crippen molar-refractivity contribution < 1.29 is 24.2 Å². The average molecular weight is 701 g/mol. The van der Waals surface area contributed by atoms with Crippen LogP contribution < -0.4 is 10.6 Å². The van der Waals surface area contributed by atoms with Crippen LogP contribution in [0.25, 0.3) is 10.9 Å². The Morgan fingerprint density at radius 2 is 1.52 bits per heavy atom. The standard InChI is InChI=1S/C41H44N6O5/c1-40(2,3)52-39(50)43-22-13-25-51-35(21-20-29-26-30(37(48)49)27-31-28-44-46-36(29)31)45-38-42-23-24-47(38)41(32-14-7-4-8-15-32,33-16-9-5-10-17-33)34-18-11-6-12-19-34/h4-12,14-19,23-24,26-28,35H,13,20-22,25H2,1-3H3,(H,42,45)(H,43,50)(H,44,46)(H,48,49). The lowest BCUT2D eigenvalue weighted by Crippen LogP contribution is -2.39. The molecule has 0 bridgehead atoms. The summed E-state index contributed by atoms with van der Waals surface area (Å²) in [7, 11) is 0. The van der Waals surface area contributed by atoms with Gasteiger partial charge in [-0.05, 0) is 74.4 Å². The van der Waals surface area contributed by atoms with Gasteiger partial charge < -0.3 is 25.2 Å². The molecule has 1 atom stereocenters.